The zero-order chi connectivity index (χ0) is 10.4. The number of esters is 1. The third-order valence-electron chi connectivity index (χ3n) is 1.67. The van der Waals surface area contributed by atoms with Crippen molar-refractivity contribution in [1.82, 2.24) is 15.0 Å². The highest BCUT2D eigenvalue weighted by atomic mass is 16.5. The quantitative estimate of drug-likeness (QED) is 0.497. The van der Waals surface area contributed by atoms with Crippen LogP contribution in [0.3, 0.4) is 0 Å². The van der Waals surface area contributed by atoms with E-state index in [0.717, 1.165) is 6.42 Å². The fourth-order valence-electron chi connectivity index (χ4n) is 0.977. The Bertz CT molecular complexity index is 298. The summed E-state index contributed by atoms with van der Waals surface area (Å²) in [5, 5.41) is 7.43. The van der Waals surface area contributed by atoms with Gasteiger partial charge in [-0.05, 0) is 6.42 Å². The minimum Gasteiger partial charge on any atom is -0.464 e. The molecule has 1 heterocycles. The highest BCUT2D eigenvalue weighted by molar-refractivity contribution is 5.86. The van der Waals surface area contributed by atoms with Gasteiger partial charge in [-0.15, -0.1) is 5.10 Å². The Hall–Kier alpha value is -1.43. The standard InChI is InChI=1S/C8H13N3O3/c1-13-5-3-4-11-6-7(9-10-11)8(12)14-2/h6H,3-5H2,1-2H3. The van der Waals surface area contributed by atoms with Gasteiger partial charge in [-0.2, -0.15) is 0 Å². The van der Waals surface area contributed by atoms with Crippen molar-refractivity contribution in [2.45, 2.75) is 13.0 Å². The van der Waals surface area contributed by atoms with Crippen molar-refractivity contribution in [2.75, 3.05) is 20.8 Å². The van der Waals surface area contributed by atoms with Crippen LogP contribution in [0.15, 0.2) is 6.20 Å². The van der Waals surface area contributed by atoms with Crippen LogP contribution < -0.4 is 0 Å². The number of methoxy groups -OCH3 is 2. The Balaban J connectivity index is 2.46. The molecular formula is C8H13N3O3. The van der Waals surface area contributed by atoms with E-state index < -0.39 is 5.97 Å². The third-order valence-corrected chi connectivity index (χ3v) is 1.67. The van der Waals surface area contributed by atoms with Crippen LogP contribution in [-0.2, 0) is 16.0 Å². The van der Waals surface area contributed by atoms with Crippen molar-refractivity contribution >= 4 is 5.97 Å². The first-order valence-corrected chi connectivity index (χ1v) is 4.25. The van der Waals surface area contributed by atoms with Crippen molar-refractivity contribution in [2.24, 2.45) is 0 Å². The number of ether oxygens (including phenoxy) is 2. The Morgan fingerprint density at radius 3 is 3.00 bits per heavy atom. The normalized spacial score (nSPS) is 10.1. The smallest absolute Gasteiger partial charge is 0.360 e. The average Bonchev–Trinajstić information content (AvgIpc) is 2.66. The van der Waals surface area contributed by atoms with E-state index in [2.05, 4.69) is 15.0 Å². The molecule has 1 aromatic heterocycles. The van der Waals surface area contributed by atoms with Crippen LogP contribution in [0.2, 0.25) is 0 Å². The lowest BCUT2D eigenvalue weighted by atomic mass is 10.4. The Morgan fingerprint density at radius 2 is 2.36 bits per heavy atom. The molecule has 0 aromatic carbocycles. The van der Waals surface area contributed by atoms with Gasteiger partial charge in [0.1, 0.15) is 0 Å². The molecule has 0 unspecified atom stereocenters. The lowest BCUT2D eigenvalue weighted by Crippen LogP contribution is -2.02. The lowest BCUT2D eigenvalue weighted by molar-refractivity contribution is 0.0594. The van der Waals surface area contributed by atoms with E-state index in [0.29, 0.717) is 13.2 Å². The highest BCUT2D eigenvalue weighted by Gasteiger charge is 2.09. The first-order valence-electron chi connectivity index (χ1n) is 4.25. The van der Waals surface area contributed by atoms with E-state index in [-0.39, 0.29) is 5.69 Å². The monoisotopic (exact) mass is 199 g/mol. The topological polar surface area (TPSA) is 66.2 Å². The number of nitrogens with zero attached hydrogens (tertiary/aromatic N) is 3. The maximum absolute atomic E-state index is 11.0. The van der Waals surface area contributed by atoms with Gasteiger partial charge in [-0.25, -0.2) is 4.79 Å². The SMILES string of the molecule is COCCCn1cc(C(=O)OC)nn1. The van der Waals surface area contributed by atoms with Crippen molar-refractivity contribution in [1.29, 1.82) is 0 Å². The summed E-state index contributed by atoms with van der Waals surface area (Å²) in [7, 11) is 2.95. The zero-order valence-electron chi connectivity index (χ0n) is 8.27. The van der Waals surface area contributed by atoms with Crippen LogP contribution in [0, 0.1) is 0 Å². The van der Waals surface area contributed by atoms with Crippen LogP contribution in [0.1, 0.15) is 16.9 Å². The van der Waals surface area contributed by atoms with E-state index in [4.69, 9.17) is 4.74 Å². The van der Waals surface area contributed by atoms with Gasteiger partial charge in [-0.1, -0.05) is 5.21 Å². The highest BCUT2D eigenvalue weighted by Crippen LogP contribution is 1.96. The van der Waals surface area contributed by atoms with E-state index >= 15 is 0 Å². The molecule has 14 heavy (non-hydrogen) atoms. The zero-order valence-corrected chi connectivity index (χ0v) is 8.27. The number of rotatable bonds is 5. The number of carbonyl (C=O) groups excluding carboxylic acids is 1. The fourth-order valence-corrected chi connectivity index (χ4v) is 0.977. The summed E-state index contributed by atoms with van der Waals surface area (Å²) in [6.07, 6.45) is 2.39. The summed E-state index contributed by atoms with van der Waals surface area (Å²) < 4.78 is 11.0. The summed E-state index contributed by atoms with van der Waals surface area (Å²) >= 11 is 0. The molecule has 6 heteroatoms. The van der Waals surface area contributed by atoms with Gasteiger partial charge in [0.25, 0.3) is 0 Å². The lowest BCUT2D eigenvalue weighted by Gasteiger charge is -1.97. The van der Waals surface area contributed by atoms with Gasteiger partial charge in [-0.3, -0.25) is 4.68 Å². The molecule has 0 saturated carbocycles. The largest absolute Gasteiger partial charge is 0.464 e. The predicted octanol–water partition coefficient (Wildman–Crippen LogP) is 0.101. The Labute approximate surface area is 81.8 Å². The van der Waals surface area contributed by atoms with Crippen LogP contribution in [0.4, 0.5) is 0 Å². The molecule has 0 fully saturated rings. The van der Waals surface area contributed by atoms with Crippen LogP contribution >= 0.6 is 0 Å². The number of hydrogen-bond acceptors (Lipinski definition) is 5. The fraction of sp³-hybridized carbons (Fsp3) is 0.625. The number of aromatic nitrogens is 3. The molecule has 0 radical (unpaired) electrons. The van der Waals surface area contributed by atoms with E-state index in [1.54, 1.807) is 18.0 Å². The van der Waals surface area contributed by atoms with Crippen molar-refractivity contribution in [3.05, 3.63) is 11.9 Å². The van der Waals surface area contributed by atoms with Crippen LogP contribution in [-0.4, -0.2) is 41.8 Å². The molecule has 1 rings (SSSR count). The minimum absolute atomic E-state index is 0.227. The maximum atomic E-state index is 11.0. The van der Waals surface area contributed by atoms with Crippen molar-refractivity contribution < 1.29 is 14.3 Å². The van der Waals surface area contributed by atoms with Gasteiger partial charge in [0.05, 0.1) is 13.3 Å². The maximum Gasteiger partial charge on any atom is 0.360 e. The van der Waals surface area contributed by atoms with Gasteiger partial charge >= 0.3 is 5.97 Å². The van der Waals surface area contributed by atoms with Gasteiger partial charge < -0.3 is 9.47 Å². The molecule has 0 aliphatic rings. The van der Waals surface area contributed by atoms with Crippen LogP contribution in [0.25, 0.3) is 0 Å². The summed E-state index contributed by atoms with van der Waals surface area (Å²) in [6.45, 7) is 1.34. The summed E-state index contributed by atoms with van der Waals surface area (Å²) in [4.78, 5) is 11.0. The average molecular weight is 199 g/mol. The molecule has 0 bridgehead atoms. The second-order valence-corrected chi connectivity index (χ2v) is 2.70. The molecule has 0 saturated heterocycles. The summed E-state index contributed by atoms with van der Waals surface area (Å²) in [5.41, 5.74) is 0.227. The van der Waals surface area contributed by atoms with Gasteiger partial charge in [0, 0.05) is 20.3 Å². The molecular weight excluding hydrogens is 186 g/mol. The first kappa shape index (κ1) is 10.6. The second kappa shape index (κ2) is 5.33. The van der Waals surface area contributed by atoms with Gasteiger partial charge in [0.15, 0.2) is 5.69 Å². The number of carbonyl (C=O) groups is 1. The van der Waals surface area contributed by atoms with Gasteiger partial charge in [0.2, 0.25) is 0 Å². The molecule has 0 spiro atoms. The van der Waals surface area contributed by atoms with E-state index in [1.807, 2.05) is 0 Å². The van der Waals surface area contributed by atoms with E-state index in [9.17, 15) is 4.79 Å². The number of hydrogen-bond donors (Lipinski definition) is 0. The summed E-state index contributed by atoms with van der Waals surface area (Å²) in [5.74, 6) is -0.469. The molecule has 6 nitrogen and oxygen atoms in total. The molecule has 0 amide bonds. The first-order chi connectivity index (χ1) is 6.77. The molecule has 0 N–H and O–H groups in total. The molecule has 1 aromatic rings. The minimum atomic E-state index is -0.469. The Morgan fingerprint density at radius 1 is 1.57 bits per heavy atom. The van der Waals surface area contributed by atoms with Crippen molar-refractivity contribution in [3.8, 4) is 0 Å². The number of aryl methyl sites for hydroxylation is 1. The molecule has 0 aliphatic carbocycles. The Kier molecular flexibility index (Phi) is 4.06. The third kappa shape index (κ3) is 2.81. The predicted molar refractivity (Wildman–Crippen MR) is 47.9 cm³/mol. The second-order valence-electron chi connectivity index (χ2n) is 2.70. The van der Waals surface area contributed by atoms with E-state index in [1.165, 1.54) is 7.11 Å². The molecule has 0 atom stereocenters. The van der Waals surface area contributed by atoms with Crippen molar-refractivity contribution in [3.63, 3.8) is 0 Å². The molecule has 78 valence electrons. The summed E-state index contributed by atoms with van der Waals surface area (Å²) in [6, 6.07) is 0. The van der Waals surface area contributed by atoms with Crippen LogP contribution in [0.5, 0.6) is 0 Å². The molecule has 0 aliphatic heterocycles.